The molecule has 0 saturated heterocycles. The third-order valence-corrected chi connectivity index (χ3v) is 3.00. The fourth-order valence-electron chi connectivity index (χ4n) is 2.01. The van der Waals surface area contributed by atoms with Gasteiger partial charge in [0, 0.05) is 23.2 Å². The van der Waals surface area contributed by atoms with Gasteiger partial charge in [-0.15, -0.1) is 0 Å². The molecule has 0 saturated carbocycles. The van der Waals surface area contributed by atoms with Gasteiger partial charge in [-0.3, -0.25) is 4.98 Å². The predicted octanol–water partition coefficient (Wildman–Crippen LogP) is 4.09. The van der Waals surface area contributed by atoms with Gasteiger partial charge in [0.1, 0.15) is 12.4 Å². The van der Waals surface area contributed by atoms with Crippen LogP contribution in [-0.2, 0) is 6.61 Å². The molecule has 4 heteroatoms. The van der Waals surface area contributed by atoms with Crippen molar-refractivity contribution in [3.8, 4) is 5.75 Å². The first-order chi connectivity index (χ1) is 9.74. The Hall–Kier alpha value is -2.49. The van der Waals surface area contributed by atoms with E-state index in [4.69, 9.17) is 4.74 Å². The van der Waals surface area contributed by atoms with Gasteiger partial charge in [-0.2, -0.15) is 0 Å². The van der Waals surface area contributed by atoms with Gasteiger partial charge in [-0.25, -0.2) is 8.78 Å². The molecule has 0 aliphatic rings. The largest absolute Gasteiger partial charge is 0.489 e. The molecule has 0 aliphatic carbocycles. The number of hydrogen-bond acceptors (Lipinski definition) is 2. The highest BCUT2D eigenvalue weighted by molar-refractivity contribution is 5.81. The number of aromatic nitrogens is 1. The van der Waals surface area contributed by atoms with Gasteiger partial charge in [0.2, 0.25) is 0 Å². The van der Waals surface area contributed by atoms with E-state index in [9.17, 15) is 8.78 Å². The maximum absolute atomic E-state index is 13.1. The van der Waals surface area contributed by atoms with Crippen LogP contribution >= 0.6 is 0 Å². The van der Waals surface area contributed by atoms with E-state index >= 15 is 0 Å². The molecule has 0 unspecified atom stereocenters. The number of hydrogen-bond donors (Lipinski definition) is 0. The average Bonchev–Trinajstić information content (AvgIpc) is 2.48. The fourth-order valence-corrected chi connectivity index (χ4v) is 2.01. The molecule has 2 aromatic carbocycles. The van der Waals surface area contributed by atoms with Crippen LogP contribution in [0.25, 0.3) is 10.9 Å². The molecular weight excluding hydrogens is 260 g/mol. The molecule has 0 amide bonds. The number of benzene rings is 2. The van der Waals surface area contributed by atoms with Gasteiger partial charge in [-0.1, -0.05) is 24.3 Å². The van der Waals surface area contributed by atoms with Gasteiger partial charge >= 0.3 is 0 Å². The topological polar surface area (TPSA) is 22.1 Å². The number of pyridine rings is 1. The lowest BCUT2D eigenvalue weighted by Crippen LogP contribution is -1.98. The summed E-state index contributed by atoms with van der Waals surface area (Å²) < 4.78 is 31.4. The Balaban J connectivity index is 1.85. The van der Waals surface area contributed by atoms with Crippen LogP contribution in [0.1, 0.15) is 5.56 Å². The number of fused-ring (bicyclic) bond motifs is 1. The Kier molecular flexibility index (Phi) is 3.29. The highest BCUT2D eigenvalue weighted by atomic mass is 19.2. The molecule has 3 aromatic rings. The summed E-state index contributed by atoms with van der Waals surface area (Å²) in [6.07, 6.45) is 1.71. The van der Waals surface area contributed by atoms with Crippen LogP contribution < -0.4 is 4.74 Å². The first-order valence-corrected chi connectivity index (χ1v) is 6.14. The number of rotatable bonds is 3. The second-order valence-electron chi connectivity index (χ2n) is 4.36. The third-order valence-electron chi connectivity index (χ3n) is 3.00. The molecule has 0 N–H and O–H groups in total. The van der Waals surface area contributed by atoms with Crippen molar-refractivity contribution in [3.63, 3.8) is 0 Å². The number of nitrogens with zero attached hydrogens (tertiary/aromatic N) is 1. The van der Waals surface area contributed by atoms with E-state index in [0.29, 0.717) is 0 Å². The van der Waals surface area contributed by atoms with Crippen LogP contribution in [0.5, 0.6) is 5.75 Å². The zero-order valence-electron chi connectivity index (χ0n) is 10.5. The van der Waals surface area contributed by atoms with Crippen LogP contribution in [0.4, 0.5) is 8.78 Å². The van der Waals surface area contributed by atoms with Crippen LogP contribution in [0.3, 0.4) is 0 Å². The Morgan fingerprint density at radius 3 is 2.65 bits per heavy atom. The average molecular weight is 271 g/mol. The van der Waals surface area contributed by atoms with E-state index in [1.54, 1.807) is 6.20 Å². The maximum atomic E-state index is 13.1. The Morgan fingerprint density at radius 2 is 1.80 bits per heavy atom. The number of ether oxygens (including phenoxy) is 1. The summed E-state index contributed by atoms with van der Waals surface area (Å²) in [6.45, 7) is 0.249. The second-order valence-corrected chi connectivity index (χ2v) is 4.36. The molecule has 0 aliphatic heterocycles. The van der Waals surface area contributed by atoms with Gasteiger partial charge < -0.3 is 4.74 Å². The smallest absolute Gasteiger partial charge is 0.162 e. The molecule has 20 heavy (non-hydrogen) atoms. The maximum Gasteiger partial charge on any atom is 0.162 e. The molecule has 0 bridgehead atoms. The van der Waals surface area contributed by atoms with Gasteiger partial charge in [0.05, 0.1) is 5.52 Å². The standard InChI is InChI=1S/C16H11F2NO/c17-14-7-6-13(9-15(14)18)20-10-12-4-1-3-11-5-2-8-19-16(11)12/h1-9H,10H2. The van der Waals surface area contributed by atoms with Crippen molar-refractivity contribution in [2.45, 2.75) is 6.61 Å². The molecule has 1 aromatic heterocycles. The van der Waals surface area contributed by atoms with Crippen LogP contribution in [-0.4, -0.2) is 4.98 Å². The van der Waals surface area contributed by atoms with Crippen molar-refractivity contribution in [2.75, 3.05) is 0 Å². The first-order valence-electron chi connectivity index (χ1n) is 6.14. The minimum Gasteiger partial charge on any atom is -0.489 e. The van der Waals surface area contributed by atoms with Gasteiger partial charge in [0.25, 0.3) is 0 Å². The second kappa shape index (κ2) is 5.25. The number of halogens is 2. The summed E-state index contributed by atoms with van der Waals surface area (Å²) in [5.41, 5.74) is 1.74. The summed E-state index contributed by atoms with van der Waals surface area (Å²) in [6, 6.07) is 13.1. The predicted molar refractivity (Wildman–Crippen MR) is 72.4 cm³/mol. The molecule has 0 fully saturated rings. The molecule has 2 nitrogen and oxygen atoms in total. The Morgan fingerprint density at radius 1 is 0.950 bits per heavy atom. The van der Waals surface area contributed by atoms with Crippen molar-refractivity contribution in [2.24, 2.45) is 0 Å². The number of para-hydroxylation sites is 1. The summed E-state index contributed by atoms with van der Waals surface area (Å²) in [5.74, 6) is -1.51. The molecule has 0 radical (unpaired) electrons. The molecule has 0 atom stereocenters. The molecule has 100 valence electrons. The van der Waals surface area contributed by atoms with E-state index in [2.05, 4.69) is 4.98 Å². The summed E-state index contributed by atoms with van der Waals surface area (Å²) in [5, 5.41) is 1.01. The lowest BCUT2D eigenvalue weighted by molar-refractivity contribution is 0.304. The van der Waals surface area contributed by atoms with Crippen molar-refractivity contribution >= 4 is 10.9 Å². The van der Waals surface area contributed by atoms with Crippen molar-refractivity contribution in [1.82, 2.24) is 4.98 Å². The van der Waals surface area contributed by atoms with Crippen molar-refractivity contribution < 1.29 is 13.5 Å². The molecular formula is C16H11F2NO. The van der Waals surface area contributed by atoms with E-state index < -0.39 is 11.6 Å². The SMILES string of the molecule is Fc1ccc(OCc2cccc3cccnc23)cc1F. The lowest BCUT2D eigenvalue weighted by atomic mass is 10.1. The van der Waals surface area contributed by atoms with E-state index in [-0.39, 0.29) is 12.4 Å². The van der Waals surface area contributed by atoms with E-state index in [0.717, 1.165) is 28.6 Å². The van der Waals surface area contributed by atoms with E-state index in [1.807, 2.05) is 30.3 Å². The minimum absolute atomic E-state index is 0.249. The zero-order chi connectivity index (χ0) is 13.9. The zero-order valence-corrected chi connectivity index (χ0v) is 10.5. The van der Waals surface area contributed by atoms with Crippen LogP contribution in [0, 0.1) is 11.6 Å². The lowest BCUT2D eigenvalue weighted by Gasteiger charge is -2.08. The first kappa shape index (κ1) is 12.5. The van der Waals surface area contributed by atoms with Gasteiger partial charge in [-0.05, 0) is 18.2 Å². The van der Waals surface area contributed by atoms with E-state index in [1.165, 1.54) is 6.07 Å². The minimum atomic E-state index is -0.918. The van der Waals surface area contributed by atoms with Crippen LogP contribution in [0.2, 0.25) is 0 Å². The Labute approximate surface area is 114 Å². The normalized spacial score (nSPS) is 10.7. The molecule has 0 spiro atoms. The highest BCUT2D eigenvalue weighted by Gasteiger charge is 2.05. The fraction of sp³-hybridized carbons (Fsp3) is 0.0625. The van der Waals surface area contributed by atoms with Crippen molar-refractivity contribution in [3.05, 3.63) is 71.9 Å². The summed E-state index contributed by atoms with van der Waals surface area (Å²) in [7, 11) is 0. The quantitative estimate of drug-likeness (QED) is 0.715. The monoisotopic (exact) mass is 271 g/mol. The van der Waals surface area contributed by atoms with Crippen molar-refractivity contribution in [1.29, 1.82) is 0 Å². The molecule has 1 heterocycles. The molecule has 3 rings (SSSR count). The van der Waals surface area contributed by atoms with Crippen LogP contribution in [0.15, 0.2) is 54.7 Å². The summed E-state index contributed by atoms with van der Waals surface area (Å²) >= 11 is 0. The van der Waals surface area contributed by atoms with Gasteiger partial charge in [0.15, 0.2) is 11.6 Å². The Bertz CT molecular complexity index is 753. The highest BCUT2D eigenvalue weighted by Crippen LogP contribution is 2.20. The summed E-state index contributed by atoms with van der Waals surface area (Å²) in [4.78, 5) is 4.31. The third kappa shape index (κ3) is 2.45.